The van der Waals surface area contributed by atoms with E-state index >= 15 is 0 Å². The van der Waals surface area contributed by atoms with E-state index in [1.54, 1.807) is 0 Å². The van der Waals surface area contributed by atoms with E-state index in [1.807, 2.05) is 0 Å². The lowest BCUT2D eigenvalue weighted by atomic mass is 10.0. The maximum Gasteiger partial charge on any atom is -0.0386 e. The molecule has 0 nitrogen and oxygen atoms in total. The predicted molar refractivity (Wildman–Crippen MR) is 182 cm³/mol. The number of hydrogen-bond acceptors (Lipinski definition) is 0. The third-order valence-electron chi connectivity index (χ3n) is 9.02. The van der Waals surface area contributed by atoms with E-state index in [9.17, 15) is 0 Å². The summed E-state index contributed by atoms with van der Waals surface area (Å²) in [5.74, 6) is 0. The Morgan fingerprint density at radius 1 is 0.205 bits per heavy atom. The van der Waals surface area contributed by atoms with Gasteiger partial charge in [-0.05, 0) is 6.42 Å². The van der Waals surface area contributed by atoms with E-state index in [2.05, 4.69) is 20.3 Å². The molecule has 39 heavy (non-hydrogen) atoms. The Labute approximate surface area is 251 Å². The van der Waals surface area contributed by atoms with Crippen molar-refractivity contribution in [3.05, 3.63) is 6.42 Å². The highest BCUT2D eigenvalue weighted by Crippen LogP contribution is 2.17. The third-order valence-corrected chi connectivity index (χ3v) is 9.02. The van der Waals surface area contributed by atoms with Crippen LogP contribution in [-0.4, -0.2) is 0 Å². The Bertz CT molecular complexity index is 349. The average molecular weight is 548 g/mol. The minimum atomic E-state index is 1.37. The lowest BCUT2D eigenvalue weighted by Crippen LogP contribution is -1.85. The minimum Gasteiger partial charge on any atom is -0.0654 e. The first-order valence-electron chi connectivity index (χ1n) is 19.2. The molecule has 0 unspecified atom stereocenters. The second-order valence-corrected chi connectivity index (χ2v) is 13.2. The zero-order valence-corrected chi connectivity index (χ0v) is 28.0. The Morgan fingerprint density at radius 3 is 0.538 bits per heavy atom. The van der Waals surface area contributed by atoms with Crippen LogP contribution in [0.15, 0.2) is 0 Å². The summed E-state index contributed by atoms with van der Waals surface area (Å²) < 4.78 is 0. The zero-order valence-electron chi connectivity index (χ0n) is 28.0. The first-order chi connectivity index (χ1) is 19.4. The molecule has 1 radical (unpaired) electrons. The summed E-state index contributed by atoms with van der Waals surface area (Å²) >= 11 is 0. The van der Waals surface area contributed by atoms with Crippen LogP contribution in [0.25, 0.3) is 0 Å². The molecule has 235 valence electrons. The Balaban J connectivity index is 3.01. The van der Waals surface area contributed by atoms with Crippen molar-refractivity contribution in [2.45, 2.75) is 245 Å². The Morgan fingerprint density at radius 2 is 0.359 bits per heavy atom. The van der Waals surface area contributed by atoms with Gasteiger partial charge in [0.05, 0.1) is 0 Å². The fourth-order valence-electron chi connectivity index (χ4n) is 6.17. The van der Waals surface area contributed by atoms with Gasteiger partial charge in [-0.1, -0.05) is 245 Å². The first-order valence-corrected chi connectivity index (χ1v) is 19.2. The van der Waals surface area contributed by atoms with Gasteiger partial charge < -0.3 is 0 Å². The molecular weight excluding hydrogens is 468 g/mol. The summed E-state index contributed by atoms with van der Waals surface area (Å²) in [6.07, 6.45) is 55.4. The molecule has 0 aromatic heterocycles. The molecule has 0 atom stereocenters. The van der Waals surface area contributed by atoms with Crippen LogP contribution in [0.5, 0.6) is 0 Å². The third kappa shape index (κ3) is 38.0. The standard InChI is InChI=1S/C39H79/c1-3-5-7-9-11-13-15-17-19-21-23-25-27-29-31-33-35-37-39-38-36-34-32-30-28-26-24-22-20-18-16-14-12-10-8-6-4-2/h33H,3-32,34-39H2,1-2H3. The molecule has 0 aliphatic carbocycles. The van der Waals surface area contributed by atoms with Gasteiger partial charge in [0.25, 0.3) is 0 Å². The highest BCUT2D eigenvalue weighted by Gasteiger charge is 1.97. The highest BCUT2D eigenvalue weighted by atomic mass is 14.0. The maximum absolute atomic E-state index is 2.59. The van der Waals surface area contributed by atoms with E-state index in [-0.39, 0.29) is 0 Å². The van der Waals surface area contributed by atoms with Gasteiger partial charge >= 0.3 is 0 Å². The van der Waals surface area contributed by atoms with E-state index < -0.39 is 0 Å². The van der Waals surface area contributed by atoms with Crippen molar-refractivity contribution in [1.29, 1.82) is 0 Å². The summed E-state index contributed by atoms with van der Waals surface area (Å²) in [5.41, 5.74) is 0. The van der Waals surface area contributed by atoms with Crippen molar-refractivity contribution in [3.63, 3.8) is 0 Å². The van der Waals surface area contributed by atoms with Crippen LogP contribution in [0, 0.1) is 6.42 Å². The SMILES string of the molecule is CCCCCCCCCCCCCCCC[CH]CCCCCCCCCCCCCCCCCCCCCC. The Hall–Kier alpha value is 0. The molecule has 0 spiro atoms. The lowest BCUT2D eigenvalue weighted by molar-refractivity contribution is 0.520. The quantitative estimate of drug-likeness (QED) is 0.0684. The van der Waals surface area contributed by atoms with Crippen molar-refractivity contribution >= 4 is 0 Å². The van der Waals surface area contributed by atoms with Crippen LogP contribution in [0.1, 0.15) is 245 Å². The van der Waals surface area contributed by atoms with Crippen LogP contribution in [0.3, 0.4) is 0 Å². The van der Waals surface area contributed by atoms with Gasteiger partial charge in [0.1, 0.15) is 0 Å². The van der Waals surface area contributed by atoms with Gasteiger partial charge in [-0.2, -0.15) is 0 Å². The van der Waals surface area contributed by atoms with Crippen molar-refractivity contribution in [2.75, 3.05) is 0 Å². The van der Waals surface area contributed by atoms with Crippen molar-refractivity contribution < 1.29 is 0 Å². The fraction of sp³-hybridized carbons (Fsp3) is 0.974. The second kappa shape index (κ2) is 38.0. The number of rotatable bonds is 36. The zero-order chi connectivity index (χ0) is 28.2. The molecule has 0 heterocycles. The van der Waals surface area contributed by atoms with Crippen LogP contribution >= 0.6 is 0 Å². The molecule has 0 rings (SSSR count). The summed E-state index contributed by atoms with van der Waals surface area (Å²) in [5, 5.41) is 0. The highest BCUT2D eigenvalue weighted by molar-refractivity contribution is 4.65. The molecule has 0 aromatic rings. The second-order valence-electron chi connectivity index (χ2n) is 13.2. The maximum atomic E-state index is 2.59. The van der Waals surface area contributed by atoms with E-state index in [1.165, 1.54) is 231 Å². The molecule has 0 fully saturated rings. The number of hydrogen-bond donors (Lipinski definition) is 0. The monoisotopic (exact) mass is 548 g/mol. The molecule has 0 saturated carbocycles. The molecule has 0 aliphatic heterocycles. The van der Waals surface area contributed by atoms with Crippen LogP contribution < -0.4 is 0 Å². The molecule has 0 N–H and O–H groups in total. The topological polar surface area (TPSA) is 0 Å². The molecule has 0 aromatic carbocycles. The summed E-state index contributed by atoms with van der Waals surface area (Å²) in [6.45, 7) is 4.62. The fourth-order valence-corrected chi connectivity index (χ4v) is 6.17. The Kier molecular flexibility index (Phi) is 38.0. The molecule has 0 saturated heterocycles. The van der Waals surface area contributed by atoms with E-state index in [4.69, 9.17) is 0 Å². The van der Waals surface area contributed by atoms with Crippen LogP contribution in [0.2, 0.25) is 0 Å². The molecule has 0 bridgehead atoms. The largest absolute Gasteiger partial charge is 0.0654 e. The van der Waals surface area contributed by atoms with Gasteiger partial charge in [-0.25, -0.2) is 0 Å². The van der Waals surface area contributed by atoms with Gasteiger partial charge in [-0.15, -0.1) is 0 Å². The molecular formula is C39H79. The van der Waals surface area contributed by atoms with Crippen molar-refractivity contribution in [3.8, 4) is 0 Å². The molecule has 0 aliphatic rings. The van der Waals surface area contributed by atoms with Crippen LogP contribution in [-0.2, 0) is 0 Å². The summed E-state index contributed by atoms with van der Waals surface area (Å²) in [4.78, 5) is 0. The van der Waals surface area contributed by atoms with Gasteiger partial charge in [0.15, 0.2) is 0 Å². The van der Waals surface area contributed by atoms with Crippen molar-refractivity contribution in [2.24, 2.45) is 0 Å². The number of unbranched alkanes of at least 4 members (excludes halogenated alkanes) is 36. The summed E-state index contributed by atoms with van der Waals surface area (Å²) in [6, 6.07) is 0. The van der Waals surface area contributed by atoms with Gasteiger partial charge in [0, 0.05) is 0 Å². The van der Waals surface area contributed by atoms with Crippen molar-refractivity contribution in [1.82, 2.24) is 0 Å². The molecule has 0 amide bonds. The smallest absolute Gasteiger partial charge is 0.0386 e. The predicted octanol–water partition coefficient (Wildman–Crippen LogP) is 15.3. The molecule has 0 heteroatoms. The van der Waals surface area contributed by atoms with E-state index in [0.29, 0.717) is 0 Å². The lowest BCUT2D eigenvalue weighted by Gasteiger charge is -2.05. The van der Waals surface area contributed by atoms with Crippen LogP contribution in [0.4, 0.5) is 0 Å². The van der Waals surface area contributed by atoms with Gasteiger partial charge in [-0.3, -0.25) is 0 Å². The average Bonchev–Trinajstić information content (AvgIpc) is 2.95. The normalized spacial score (nSPS) is 11.5. The summed E-state index contributed by atoms with van der Waals surface area (Å²) in [7, 11) is 0. The first kappa shape index (κ1) is 39.0. The minimum absolute atomic E-state index is 1.37. The van der Waals surface area contributed by atoms with E-state index in [0.717, 1.165) is 0 Å². The van der Waals surface area contributed by atoms with Gasteiger partial charge in [0.2, 0.25) is 0 Å².